The molecule has 1 aromatic heterocycles. The zero-order valence-electron chi connectivity index (χ0n) is 12.7. The van der Waals surface area contributed by atoms with Crippen LogP contribution in [0.1, 0.15) is 48.8 Å². The number of aryl methyl sites for hydroxylation is 1. The summed E-state index contributed by atoms with van der Waals surface area (Å²) >= 11 is 0. The summed E-state index contributed by atoms with van der Waals surface area (Å²) in [6.45, 7) is 3.67. The molecule has 1 aromatic carbocycles. The van der Waals surface area contributed by atoms with E-state index in [0.717, 1.165) is 5.92 Å². The Labute approximate surface area is 125 Å². The van der Waals surface area contributed by atoms with Crippen molar-refractivity contribution in [1.29, 1.82) is 0 Å². The molecule has 110 valence electrons. The molecule has 6 rings (SSSR count). The van der Waals surface area contributed by atoms with Crippen LogP contribution in [0.5, 0.6) is 0 Å². The first-order valence-corrected chi connectivity index (χ1v) is 8.43. The highest BCUT2D eigenvalue weighted by Gasteiger charge is 2.35. The van der Waals surface area contributed by atoms with E-state index in [9.17, 15) is 0 Å². The van der Waals surface area contributed by atoms with Crippen molar-refractivity contribution in [2.24, 2.45) is 7.05 Å². The summed E-state index contributed by atoms with van der Waals surface area (Å²) in [6, 6.07) is 7.75. The predicted octanol–water partition coefficient (Wildman–Crippen LogP) is 3.30. The first-order chi connectivity index (χ1) is 10.3. The number of nitrogens with zero attached hydrogens (tertiary/aromatic N) is 2. The summed E-state index contributed by atoms with van der Waals surface area (Å²) in [4.78, 5) is 2.60. The van der Waals surface area contributed by atoms with Gasteiger partial charge in [0.25, 0.3) is 0 Å². The molecule has 2 fully saturated rings. The minimum atomic E-state index is 0.575. The topological polar surface area (TPSA) is 20.2 Å². The van der Waals surface area contributed by atoms with Crippen LogP contribution in [0.4, 0.5) is 5.82 Å². The van der Waals surface area contributed by atoms with Crippen LogP contribution >= 0.6 is 0 Å². The van der Waals surface area contributed by atoms with Crippen LogP contribution in [-0.4, -0.2) is 24.2 Å². The van der Waals surface area contributed by atoms with E-state index in [1.165, 1.54) is 67.6 Å². The molecule has 0 aliphatic carbocycles. The number of nitrogens with one attached hydrogen (secondary N) is 1. The van der Waals surface area contributed by atoms with Crippen LogP contribution in [0.2, 0.25) is 0 Å². The third-order valence-electron chi connectivity index (χ3n) is 5.90. The van der Waals surface area contributed by atoms with Crippen LogP contribution in [0.15, 0.2) is 18.2 Å². The summed E-state index contributed by atoms with van der Waals surface area (Å²) in [7, 11) is 2.25. The van der Waals surface area contributed by atoms with Crippen LogP contribution in [-0.2, 0) is 7.05 Å². The van der Waals surface area contributed by atoms with Gasteiger partial charge in [0, 0.05) is 42.6 Å². The fourth-order valence-corrected chi connectivity index (χ4v) is 4.83. The zero-order valence-corrected chi connectivity index (χ0v) is 12.7. The summed E-state index contributed by atoms with van der Waals surface area (Å²) in [5.74, 6) is 2.30. The molecule has 0 saturated carbocycles. The molecule has 5 heterocycles. The molecule has 2 saturated heterocycles. The van der Waals surface area contributed by atoms with E-state index < -0.39 is 0 Å². The lowest BCUT2D eigenvalue weighted by atomic mass is 9.84. The maximum atomic E-state index is 3.64. The third kappa shape index (κ3) is 1.58. The second-order valence-electron chi connectivity index (χ2n) is 6.98. The highest BCUT2D eigenvalue weighted by atomic mass is 15.3. The average molecular weight is 281 g/mol. The number of fused-ring (bicyclic) bond motifs is 3. The Bertz CT molecular complexity index is 701. The van der Waals surface area contributed by atoms with Crippen LogP contribution in [0, 0.1) is 0 Å². The molecule has 2 aromatic rings. The lowest BCUT2D eigenvalue weighted by Crippen LogP contribution is -2.39. The van der Waals surface area contributed by atoms with E-state index in [2.05, 4.69) is 40.0 Å². The van der Waals surface area contributed by atoms with Gasteiger partial charge < -0.3 is 14.8 Å². The first-order valence-electron chi connectivity index (χ1n) is 8.43. The molecular weight excluding hydrogens is 258 g/mol. The van der Waals surface area contributed by atoms with Crippen molar-refractivity contribution < 1.29 is 0 Å². The Balaban J connectivity index is 1.73. The molecule has 1 atom stereocenters. The highest BCUT2D eigenvalue weighted by Crippen LogP contribution is 2.47. The lowest BCUT2D eigenvalue weighted by molar-refractivity contribution is 0.469. The van der Waals surface area contributed by atoms with Gasteiger partial charge in [-0.05, 0) is 55.8 Å². The van der Waals surface area contributed by atoms with Crippen molar-refractivity contribution in [3.05, 3.63) is 29.3 Å². The molecule has 0 radical (unpaired) electrons. The minimum absolute atomic E-state index is 0.575. The predicted molar refractivity (Wildman–Crippen MR) is 87.1 cm³/mol. The Morgan fingerprint density at radius 3 is 2.76 bits per heavy atom. The SMILES string of the molecule is Cn1c2c(c3cc(C4CCCN4)ccc31)C1CCN2CC1. The van der Waals surface area contributed by atoms with Crippen molar-refractivity contribution in [1.82, 2.24) is 9.88 Å². The van der Waals surface area contributed by atoms with Gasteiger partial charge in [-0.2, -0.15) is 0 Å². The number of hydrogen-bond donors (Lipinski definition) is 1. The Kier molecular flexibility index (Phi) is 2.46. The number of aromatic nitrogens is 1. The van der Waals surface area contributed by atoms with Gasteiger partial charge in [0.15, 0.2) is 0 Å². The van der Waals surface area contributed by atoms with Crippen LogP contribution in [0.25, 0.3) is 10.9 Å². The average Bonchev–Trinajstić information content (AvgIpc) is 3.17. The maximum Gasteiger partial charge on any atom is 0.112 e. The van der Waals surface area contributed by atoms with Gasteiger partial charge in [-0.1, -0.05) is 6.07 Å². The maximum absolute atomic E-state index is 3.64. The molecule has 0 spiro atoms. The van der Waals surface area contributed by atoms with Gasteiger partial charge in [0.1, 0.15) is 5.82 Å². The van der Waals surface area contributed by atoms with Crippen molar-refractivity contribution in [3.63, 3.8) is 0 Å². The molecule has 1 N–H and O–H groups in total. The number of piperidine rings is 1. The summed E-state index contributed by atoms with van der Waals surface area (Å²) < 4.78 is 2.43. The third-order valence-corrected chi connectivity index (χ3v) is 5.90. The minimum Gasteiger partial charge on any atom is -0.358 e. The zero-order chi connectivity index (χ0) is 14.0. The quantitative estimate of drug-likeness (QED) is 0.865. The fourth-order valence-electron chi connectivity index (χ4n) is 4.83. The van der Waals surface area contributed by atoms with Gasteiger partial charge in [0.2, 0.25) is 0 Å². The largest absolute Gasteiger partial charge is 0.358 e. The van der Waals surface area contributed by atoms with Gasteiger partial charge in [-0.15, -0.1) is 0 Å². The Morgan fingerprint density at radius 2 is 2.00 bits per heavy atom. The van der Waals surface area contributed by atoms with E-state index in [1.54, 1.807) is 5.56 Å². The molecule has 4 aliphatic heterocycles. The Morgan fingerprint density at radius 1 is 1.14 bits per heavy atom. The van der Waals surface area contributed by atoms with Gasteiger partial charge in [-0.25, -0.2) is 0 Å². The molecule has 0 amide bonds. The molecular formula is C18H23N3. The first kappa shape index (κ1) is 12.1. The van der Waals surface area contributed by atoms with E-state index in [1.807, 2.05) is 0 Å². The van der Waals surface area contributed by atoms with Crippen LogP contribution < -0.4 is 10.2 Å². The molecule has 3 nitrogen and oxygen atoms in total. The second kappa shape index (κ2) is 4.26. The Hall–Kier alpha value is -1.48. The van der Waals surface area contributed by atoms with E-state index in [4.69, 9.17) is 0 Å². The number of hydrogen-bond acceptors (Lipinski definition) is 2. The molecule has 1 unspecified atom stereocenters. The van der Waals surface area contributed by atoms with Crippen molar-refractivity contribution >= 4 is 16.7 Å². The van der Waals surface area contributed by atoms with Crippen molar-refractivity contribution in [2.45, 2.75) is 37.6 Å². The van der Waals surface area contributed by atoms with Gasteiger partial charge >= 0.3 is 0 Å². The normalized spacial score (nSPS) is 25.0. The number of anilines is 1. The van der Waals surface area contributed by atoms with Crippen molar-refractivity contribution in [2.75, 3.05) is 24.5 Å². The van der Waals surface area contributed by atoms with Gasteiger partial charge in [-0.3, -0.25) is 0 Å². The van der Waals surface area contributed by atoms with E-state index in [-0.39, 0.29) is 0 Å². The smallest absolute Gasteiger partial charge is 0.112 e. The van der Waals surface area contributed by atoms with Crippen LogP contribution in [0.3, 0.4) is 0 Å². The molecule has 21 heavy (non-hydrogen) atoms. The highest BCUT2D eigenvalue weighted by molar-refractivity contribution is 5.92. The standard InChI is InChI=1S/C18H23N3/c1-20-16-5-4-13(15-3-2-8-19-15)11-14(16)17-12-6-9-21(10-7-12)18(17)20/h4-5,11-12,15,19H,2-3,6-10H2,1H3. The summed E-state index contributed by atoms with van der Waals surface area (Å²) in [5.41, 5.74) is 4.55. The summed E-state index contributed by atoms with van der Waals surface area (Å²) in [6.07, 6.45) is 5.29. The lowest BCUT2D eigenvalue weighted by Gasteiger charge is -2.41. The van der Waals surface area contributed by atoms with E-state index in [0.29, 0.717) is 6.04 Å². The van der Waals surface area contributed by atoms with Crippen molar-refractivity contribution in [3.8, 4) is 0 Å². The molecule has 4 aliphatic rings. The molecule has 2 bridgehead atoms. The summed E-state index contributed by atoms with van der Waals surface area (Å²) in [5, 5.41) is 5.16. The fraction of sp³-hybridized carbons (Fsp3) is 0.556. The van der Waals surface area contributed by atoms with Gasteiger partial charge in [0.05, 0.1) is 0 Å². The number of rotatable bonds is 1. The second-order valence-corrected chi connectivity index (χ2v) is 6.98. The van der Waals surface area contributed by atoms with E-state index >= 15 is 0 Å². The molecule has 3 heteroatoms. The number of benzene rings is 1. The monoisotopic (exact) mass is 281 g/mol.